The predicted octanol–water partition coefficient (Wildman–Crippen LogP) is 2.81. The first-order valence-electron chi connectivity index (χ1n) is 6.20. The van der Waals surface area contributed by atoms with Crippen molar-refractivity contribution in [1.29, 1.82) is 0 Å². The number of urea groups is 1. The highest BCUT2D eigenvalue weighted by Gasteiger charge is 2.40. The van der Waals surface area contributed by atoms with Crippen LogP contribution in [0.3, 0.4) is 0 Å². The number of carbonyl (C=O) groups excluding carboxylic acids is 1. The molecule has 0 radical (unpaired) electrons. The summed E-state index contributed by atoms with van der Waals surface area (Å²) in [5.41, 5.74) is 0.426. The van der Waals surface area contributed by atoms with Crippen LogP contribution in [0.4, 0.5) is 10.5 Å². The lowest BCUT2D eigenvalue weighted by molar-refractivity contribution is -0.141. The summed E-state index contributed by atoms with van der Waals surface area (Å²) in [5, 5.41) is 12.2. The van der Waals surface area contributed by atoms with Crippen LogP contribution < -0.4 is 5.32 Å². The van der Waals surface area contributed by atoms with E-state index in [1.165, 1.54) is 12.0 Å². The zero-order valence-corrected chi connectivity index (χ0v) is 13.5. The van der Waals surface area contributed by atoms with Gasteiger partial charge in [0.2, 0.25) is 0 Å². The maximum atomic E-state index is 12.3. The zero-order valence-electron chi connectivity index (χ0n) is 11.2. The van der Waals surface area contributed by atoms with Gasteiger partial charge in [0, 0.05) is 24.5 Å². The average Bonchev–Trinajstić information content (AvgIpc) is 2.86. The summed E-state index contributed by atoms with van der Waals surface area (Å²) in [4.78, 5) is 24.7. The number of benzene rings is 1. The first-order chi connectivity index (χ1) is 9.92. The number of carboxylic acid groups (broad SMARTS) is 1. The molecule has 6 nitrogen and oxygen atoms in total. The normalized spacial score (nSPS) is 21.4. The van der Waals surface area contributed by atoms with Gasteiger partial charge >= 0.3 is 12.0 Å². The van der Waals surface area contributed by atoms with Crippen LogP contribution in [0.1, 0.15) is 6.42 Å². The molecule has 2 N–H and O–H groups in total. The predicted molar refractivity (Wildman–Crippen MR) is 81.7 cm³/mol. The molecule has 1 aromatic carbocycles. The SMILES string of the molecule is COC1CC(C(=O)O)N(C(=O)Nc2ccc(Br)cc2Cl)C1. The largest absolute Gasteiger partial charge is 0.480 e. The van der Waals surface area contributed by atoms with Crippen molar-refractivity contribution in [1.82, 2.24) is 4.90 Å². The van der Waals surface area contributed by atoms with Crippen molar-refractivity contribution in [3.8, 4) is 0 Å². The molecule has 2 rings (SSSR count). The van der Waals surface area contributed by atoms with Crippen LogP contribution in [0.25, 0.3) is 0 Å². The first kappa shape index (κ1) is 16.1. The third-order valence-electron chi connectivity index (χ3n) is 3.31. The lowest BCUT2D eigenvalue weighted by Crippen LogP contribution is -2.43. The second kappa shape index (κ2) is 6.64. The Morgan fingerprint density at radius 2 is 2.24 bits per heavy atom. The molecule has 2 atom stereocenters. The lowest BCUT2D eigenvalue weighted by Gasteiger charge is -2.22. The summed E-state index contributed by atoms with van der Waals surface area (Å²) in [6, 6.07) is 3.62. The summed E-state index contributed by atoms with van der Waals surface area (Å²) in [5.74, 6) is -1.05. The number of carboxylic acids is 1. The number of likely N-dealkylation sites (tertiary alicyclic amines) is 1. The van der Waals surface area contributed by atoms with Crippen molar-refractivity contribution in [2.75, 3.05) is 19.0 Å². The number of methoxy groups -OCH3 is 1. The monoisotopic (exact) mass is 376 g/mol. The van der Waals surface area contributed by atoms with E-state index < -0.39 is 18.0 Å². The Bertz CT molecular complexity index is 569. The summed E-state index contributed by atoms with van der Waals surface area (Å²) >= 11 is 9.30. The quantitative estimate of drug-likeness (QED) is 0.849. The van der Waals surface area contributed by atoms with E-state index in [2.05, 4.69) is 21.2 Å². The average molecular weight is 378 g/mol. The molecule has 8 heteroatoms. The van der Waals surface area contributed by atoms with Gasteiger partial charge in [-0.3, -0.25) is 0 Å². The number of carbonyl (C=O) groups is 2. The molecule has 1 fully saturated rings. The molecule has 0 spiro atoms. The van der Waals surface area contributed by atoms with Crippen LogP contribution in [-0.2, 0) is 9.53 Å². The second-order valence-corrected chi connectivity index (χ2v) is 5.98. The van der Waals surface area contributed by atoms with Crippen LogP contribution >= 0.6 is 27.5 Å². The molecule has 0 aromatic heterocycles. The maximum Gasteiger partial charge on any atom is 0.326 e. The van der Waals surface area contributed by atoms with Crippen molar-refractivity contribution >= 4 is 45.2 Å². The minimum Gasteiger partial charge on any atom is -0.480 e. The number of anilines is 1. The number of nitrogens with zero attached hydrogens (tertiary/aromatic N) is 1. The van der Waals surface area contributed by atoms with E-state index in [0.29, 0.717) is 10.7 Å². The van der Waals surface area contributed by atoms with Gasteiger partial charge in [-0.25, -0.2) is 9.59 Å². The number of hydrogen-bond donors (Lipinski definition) is 2. The Morgan fingerprint density at radius 1 is 1.52 bits per heavy atom. The number of hydrogen-bond acceptors (Lipinski definition) is 3. The number of rotatable bonds is 3. The zero-order chi connectivity index (χ0) is 15.6. The number of nitrogens with one attached hydrogen (secondary N) is 1. The van der Waals surface area contributed by atoms with Gasteiger partial charge in [-0.15, -0.1) is 0 Å². The van der Waals surface area contributed by atoms with Gasteiger partial charge in [-0.2, -0.15) is 0 Å². The second-order valence-electron chi connectivity index (χ2n) is 4.65. The first-order valence-corrected chi connectivity index (χ1v) is 7.37. The molecule has 2 unspecified atom stereocenters. The number of ether oxygens (including phenoxy) is 1. The lowest BCUT2D eigenvalue weighted by atomic mass is 10.2. The van der Waals surface area contributed by atoms with E-state index in [9.17, 15) is 14.7 Å². The van der Waals surface area contributed by atoms with Crippen LogP contribution in [0.2, 0.25) is 5.02 Å². The van der Waals surface area contributed by atoms with Crippen molar-refractivity contribution in [3.05, 3.63) is 27.7 Å². The molecular weight excluding hydrogens is 364 g/mol. The van der Waals surface area contributed by atoms with E-state index in [1.54, 1.807) is 18.2 Å². The molecule has 1 aliphatic heterocycles. The number of aliphatic carboxylic acids is 1. The molecule has 21 heavy (non-hydrogen) atoms. The fraction of sp³-hybridized carbons (Fsp3) is 0.385. The summed E-state index contributed by atoms with van der Waals surface area (Å²) in [6.45, 7) is 0.230. The van der Waals surface area contributed by atoms with Crippen molar-refractivity contribution in [2.45, 2.75) is 18.6 Å². The molecule has 1 heterocycles. The van der Waals surface area contributed by atoms with E-state index in [-0.39, 0.29) is 19.1 Å². The molecule has 114 valence electrons. The summed E-state index contributed by atoms with van der Waals surface area (Å²) in [7, 11) is 1.50. The standard InChI is InChI=1S/C13H14BrClN2O4/c1-21-8-5-11(12(18)19)17(6-8)13(20)16-10-3-2-7(14)4-9(10)15/h2-4,8,11H,5-6H2,1H3,(H,16,20)(H,18,19). The summed E-state index contributed by atoms with van der Waals surface area (Å²) < 4.78 is 5.93. The van der Waals surface area contributed by atoms with E-state index in [4.69, 9.17) is 16.3 Å². The van der Waals surface area contributed by atoms with Crippen molar-refractivity contribution in [3.63, 3.8) is 0 Å². The smallest absolute Gasteiger partial charge is 0.326 e. The van der Waals surface area contributed by atoms with Gasteiger partial charge in [0.15, 0.2) is 0 Å². The number of amides is 2. The van der Waals surface area contributed by atoms with E-state index >= 15 is 0 Å². The fourth-order valence-corrected chi connectivity index (χ4v) is 2.93. The Labute approximate surface area is 135 Å². The van der Waals surface area contributed by atoms with Gasteiger partial charge in [0.1, 0.15) is 6.04 Å². The Balaban J connectivity index is 2.13. The summed E-state index contributed by atoms with van der Waals surface area (Å²) in [6.07, 6.45) is -0.00918. The molecule has 0 saturated carbocycles. The third kappa shape index (κ3) is 3.66. The van der Waals surface area contributed by atoms with Crippen LogP contribution in [-0.4, -0.2) is 47.8 Å². The molecular formula is C13H14BrClN2O4. The Hall–Kier alpha value is -1.31. The molecule has 1 aliphatic rings. The minimum atomic E-state index is -1.05. The van der Waals surface area contributed by atoms with Crippen molar-refractivity contribution in [2.24, 2.45) is 0 Å². The topological polar surface area (TPSA) is 78.9 Å². The van der Waals surface area contributed by atoms with Gasteiger partial charge in [-0.05, 0) is 18.2 Å². The maximum absolute atomic E-state index is 12.3. The minimum absolute atomic E-state index is 0.230. The molecule has 1 aromatic rings. The fourth-order valence-electron chi connectivity index (χ4n) is 2.20. The van der Waals surface area contributed by atoms with Crippen LogP contribution in [0.5, 0.6) is 0 Å². The van der Waals surface area contributed by atoms with Gasteiger partial charge in [0.25, 0.3) is 0 Å². The Morgan fingerprint density at radius 3 is 2.81 bits per heavy atom. The van der Waals surface area contributed by atoms with E-state index in [0.717, 1.165) is 4.47 Å². The van der Waals surface area contributed by atoms with Gasteiger partial charge in [-0.1, -0.05) is 27.5 Å². The highest BCUT2D eigenvalue weighted by molar-refractivity contribution is 9.10. The number of halogens is 2. The molecule has 2 amide bonds. The van der Waals surface area contributed by atoms with E-state index in [1.807, 2.05) is 0 Å². The van der Waals surface area contributed by atoms with Crippen molar-refractivity contribution < 1.29 is 19.4 Å². The van der Waals surface area contributed by atoms with Crippen LogP contribution in [0.15, 0.2) is 22.7 Å². The van der Waals surface area contributed by atoms with Gasteiger partial charge < -0.3 is 20.1 Å². The highest BCUT2D eigenvalue weighted by Crippen LogP contribution is 2.27. The third-order valence-corrected chi connectivity index (χ3v) is 4.12. The Kier molecular flexibility index (Phi) is 5.08. The highest BCUT2D eigenvalue weighted by atomic mass is 79.9. The molecule has 0 bridgehead atoms. The molecule has 0 aliphatic carbocycles. The van der Waals surface area contributed by atoms with Gasteiger partial charge in [0.05, 0.1) is 16.8 Å². The molecule has 1 saturated heterocycles. The van der Waals surface area contributed by atoms with Crippen LogP contribution in [0, 0.1) is 0 Å².